The molecule has 0 aliphatic heterocycles. The number of aromatic hydroxyl groups is 1. The van der Waals surface area contributed by atoms with Crippen molar-refractivity contribution >= 4 is 10.9 Å². The summed E-state index contributed by atoms with van der Waals surface area (Å²) in [4.78, 5) is 14.2. The Kier molecular flexibility index (Phi) is 11.8. The van der Waals surface area contributed by atoms with E-state index in [1.165, 1.54) is 17.7 Å². The number of rotatable bonds is 17. The second-order valence-corrected chi connectivity index (χ2v) is 10.6. The Morgan fingerprint density at radius 3 is 2.50 bits per heavy atom. The topological polar surface area (TPSA) is 94.6 Å². The van der Waals surface area contributed by atoms with E-state index in [0.717, 1.165) is 64.7 Å². The summed E-state index contributed by atoms with van der Waals surface area (Å²) in [6, 6.07) is 17.2. The molecule has 0 bridgehead atoms. The fourth-order valence-electron chi connectivity index (χ4n) is 5.54. The molecule has 3 aromatic rings. The number of aromatic nitrogens is 1. The van der Waals surface area contributed by atoms with Crippen molar-refractivity contribution < 1.29 is 14.9 Å². The van der Waals surface area contributed by atoms with Crippen LogP contribution < -0.4 is 10.9 Å². The predicted octanol–water partition coefficient (Wildman–Crippen LogP) is 6.22. The van der Waals surface area contributed by atoms with Crippen molar-refractivity contribution in [1.29, 1.82) is 0 Å². The van der Waals surface area contributed by atoms with Crippen molar-refractivity contribution in [3.05, 3.63) is 76.1 Å². The molecule has 3 atom stereocenters. The van der Waals surface area contributed by atoms with Gasteiger partial charge in [-0.25, -0.2) is 0 Å². The SMILES string of the molecule is CCCC(COCCCCCCNCC(O)c1ccc(O)c2[nH]c(=O)ccc12)(c1ccccc1)C(C)CC. The molecule has 0 aliphatic carbocycles. The molecule has 0 fully saturated rings. The van der Waals surface area contributed by atoms with Crippen molar-refractivity contribution in [3.63, 3.8) is 0 Å². The van der Waals surface area contributed by atoms with E-state index in [1.54, 1.807) is 12.1 Å². The molecular weight excluding hydrogens is 476 g/mol. The molecule has 0 radical (unpaired) electrons. The number of aromatic amines is 1. The number of hydrogen-bond donors (Lipinski definition) is 4. The third kappa shape index (κ3) is 7.68. The first-order valence-corrected chi connectivity index (χ1v) is 14.3. The van der Waals surface area contributed by atoms with Crippen molar-refractivity contribution in [1.82, 2.24) is 10.3 Å². The second-order valence-electron chi connectivity index (χ2n) is 10.6. The third-order valence-electron chi connectivity index (χ3n) is 7.96. The first-order valence-electron chi connectivity index (χ1n) is 14.3. The van der Waals surface area contributed by atoms with Crippen LogP contribution in [0.15, 0.2) is 59.4 Å². The number of fused-ring (bicyclic) bond motifs is 1. The Morgan fingerprint density at radius 1 is 1.00 bits per heavy atom. The Hall–Kier alpha value is -2.67. The number of phenols is 1. The van der Waals surface area contributed by atoms with Gasteiger partial charge in [0.15, 0.2) is 0 Å². The maximum Gasteiger partial charge on any atom is 0.248 e. The highest BCUT2D eigenvalue weighted by molar-refractivity contribution is 5.87. The van der Waals surface area contributed by atoms with Gasteiger partial charge in [-0.15, -0.1) is 0 Å². The zero-order chi connectivity index (χ0) is 27.4. The predicted molar refractivity (Wildman–Crippen MR) is 156 cm³/mol. The van der Waals surface area contributed by atoms with Crippen LogP contribution in [0.25, 0.3) is 10.9 Å². The summed E-state index contributed by atoms with van der Waals surface area (Å²) in [6.45, 7) is 9.71. The summed E-state index contributed by atoms with van der Waals surface area (Å²) in [5.74, 6) is 0.565. The van der Waals surface area contributed by atoms with Crippen LogP contribution in [-0.4, -0.2) is 41.5 Å². The largest absolute Gasteiger partial charge is 0.506 e. The Bertz CT molecular complexity index is 1160. The van der Waals surface area contributed by atoms with Crippen LogP contribution in [0.5, 0.6) is 5.75 Å². The highest BCUT2D eigenvalue weighted by Gasteiger charge is 2.36. The number of pyridine rings is 1. The number of hydrogen-bond acceptors (Lipinski definition) is 5. The van der Waals surface area contributed by atoms with Crippen LogP contribution in [0.2, 0.25) is 0 Å². The van der Waals surface area contributed by atoms with Crippen molar-refractivity contribution in [2.24, 2.45) is 5.92 Å². The molecule has 3 rings (SSSR count). The zero-order valence-electron chi connectivity index (χ0n) is 23.3. The Balaban J connectivity index is 1.36. The highest BCUT2D eigenvalue weighted by atomic mass is 16.5. The minimum Gasteiger partial charge on any atom is -0.506 e. The lowest BCUT2D eigenvalue weighted by Gasteiger charge is -2.39. The van der Waals surface area contributed by atoms with Crippen molar-refractivity contribution in [2.45, 2.75) is 77.2 Å². The summed E-state index contributed by atoms with van der Waals surface area (Å²) in [5.41, 5.74) is 2.24. The molecule has 2 aromatic carbocycles. The standard InChI is InChI=1S/C32H46N2O4/c1-4-19-32(24(3)5-2,25-13-9-8-10-14-25)23-38-21-12-7-6-11-20-33-22-29(36)26-15-17-28(35)31-27(26)16-18-30(37)34-31/h8-10,13-18,24,29,33,35-36H,4-7,11-12,19-23H2,1-3H3,(H,34,37). The van der Waals surface area contributed by atoms with E-state index in [9.17, 15) is 15.0 Å². The first-order chi connectivity index (χ1) is 18.4. The van der Waals surface area contributed by atoms with E-state index in [4.69, 9.17) is 4.74 Å². The van der Waals surface area contributed by atoms with Gasteiger partial charge < -0.3 is 25.3 Å². The van der Waals surface area contributed by atoms with Crippen LogP contribution in [-0.2, 0) is 10.2 Å². The van der Waals surface area contributed by atoms with Gasteiger partial charge in [-0.1, -0.05) is 82.9 Å². The van der Waals surface area contributed by atoms with E-state index >= 15 is 0 Å². The fraction of sp³-hybridized carbons (Fsp3) is 0.531. The zero-order valence-corrected chi connectivity index (χ0v) is 23.3. The monoisotopic (exact) mass is 522 g/mol. The van der Waals surface area contributed by atoms with Crippen LogP contribution in [0.4, 0.5) is 0 Å². The van der Waals surface area contributed by atoms with Gasteiger partial charge in [0.2, 0.25) is 5.56 Å². The molecule has 0 amide bonds. The van der Waals surface area contributed by atoms with E-state index in [2.05, 4.69) is 61.4 Å². The number of aliphatic hydroxyl groups is 1. The lowest BCUT2D eigenvalue weighted by atomic mass is 9.67. The lowest BCUT2D eigenvalue weighted by Crippen LogP contribution is -2.38. The van der Waals surface area contributed by atoms with E-state index < -0.39 is 6.10 Å². The molecule has 1 aromatic heterocycles. The van der Waals surface area contributed by atoms with Gasteiger partial charge in [0, 0.05) is 30.0 Å². The third-order valence-corrected chi connectivity index (χ3v) is 7.96. The van der Waals surface area contributed by atoms with E-state index in [1.807, 2.05) is 0 Å². The van der Waals surface area contributed by atoms with E-state index in [0.29, 0.717) is 28.9 Å². The molecule has 208 valence electrons. The van der Waals surface area contributed by atoms with Gasteiger partial charge >= 0.3 is 0 Å². The molecule has 6 nitrogen and oxygen atoms in total. The molecular formula is C32H46N2O4. The second kappa shape index (κ2) is 15.1. The van der Waals surface area contributed by atoms with Crippen LogP contribution in [0.1, 0.15) is 82.9 Å². The number of phenolic OH excluding ortho intramolecular Hbond substituents is 1. The summed E-state index contributed by atoms with van der Waals surface area (Å²) < 4.78 is 6.30. The average Bonchev–Trinajstić information content (AvgIpc) is 2.93. The smallest absolute Gasteiger partial charge is 0.248 e. The van der Waals surface area contributed by atoms with Crippen molar-refractivity contribution in [2.75, 3.05) is 26.3 Å². The highest BCUT2D eigenvalue weighted by Crippen LogP contribution is 2.39. The van der Waals surface area contributed by atoms with Gasteiger partial charge in [-0.2, -0.15) is 0 Å². The van der Waals surface area contributed by atoms with Gasteiger partial charge in [0.05, 0.1) is 18.2 Å². The molecule has 0 saturated carbocycles. The van der Waals surface area contributed by atoms with Crippen LogP contribution in [0.3, 0.4) is 0 Å². The Labute approximate surface area is 227 Å². The minimum absolute atomic E-state index is 0.00147. The molecule has 3 unspecified atom stereocenters. The summed E-state index contributed by atoms with van der Waals surface area (Å²) in [5, 5.41) is 24.7. The molecule has 1 heterocycles. The lowest BCUT2D eigenvalue weighted by molar-refractivity contribution is 0.0488. The maximum atomic E-state index is 11.6. The normalized spacial score (nSPS) is 14.8. The Morgan fingerprint density at radius 2 is 1.76 bits per heavy atom. The van der Waals surface area contributed by atoms with Crippen LogP contribution >= 0.6 is 0 Å². The minimum atomic E-state index is -0.726. The molecule has 4 N–H and O–H groups in total. The summed E-state index contributed by atoms with van der Waals surface area (Å²) >= 11 is 0. The number of unbranched alkanes of at least 4 members (excludes halogenated alkanes) is 3. The number of benzene rings is 2. The first kappa shape index (κ1) is 29.9. The molecule has 0 saturated heterocycles. The maximum absolute atomic E-state index is 11.6. The van der Waals surface area contributed by atoms with Gasteiger partial charge in [-0.3, -0.25) is 4.79 Å². The number of ether oxygens (including phenoxy) is 1. The van der Waals surface area contributed by atoms with Gasteiger partial charge in [0.1, 0.15) is 5.75 Å². The number of aliphatic hydroxyl groups excluding tert-OH is 1. The summed E-state index contributed by atoms with van der Waals surface area (Å²) in [7, 11) is 0. The fourth-order valence-corrected chi connectivity index (χ4v) is 5.54. The van der Waals surface area contributed by atoms with E-state index in [-0.39, 0.29) is 16.7 Å². The molecule has 0 aliphatic rings. The van der Waals surface area contributed by atoms with Gasteiger partial charge in [-0.05, 0) is 55.0 Å². The number of nitrogens with one attached hydrogen (secondary N) is 2. The summed E-state index contributed by atoms with van der Waals surface area (Å²) in [6.07, 6.45) is 7.02. The van der Waals surface area contributed by atoms with Crippen molar-refractivity contribution in [3.8, 4) is 5.75 Å². The van der Waals surface area contributed by atoms with Crippen LogP contribution in [0, 0.1) is 5.92 Å². The average molecular weight is 523 g/mol. The molecule has 0 spiro atoms. The quantitative estimate of drug-likeness (QED) is 0.158. The molecule has 6 heteroatoms. The molecule has 38 heavy (non-hydrogen) atoms. The van der Waals surface area contributed by atoms with Gasteiger partial charge in [0.25, 0.3) is 0 Å². The number of H-pyrrole nitrogens is 1.